The van der Waals surface area contributed by atoms with E-state index >= 15 is 0 Å². The summed E-state index contributed by atoms with van der Waals surface area (Å²) in [5, 5.41) is 6.68. The molecule has 0 unspecified atom stereocenters. The Morgan fingerprint density at radius 2 is 2.00 bits per heavy atom. The van der Waals surface area contributed by atoms with Crippen LogP contribution < -0.4 is 15.4 Å². The number of para-hydroxylation sites is 3. The van der Waals surface area contributed by atoms with Crippen LogP contribution in [0.15, 0.2) is 66.2 Å². The highest BCUT2D eigenvalue weighted by Gasteiger charge is 2.05. The first-order valence-corrected chi connectivity index (χ1v) is 9.50. The van der Waals surface area contributed by atoms with E-state index in [9.17, 15) is 0 Å². The Morgan fingerprint density at radius 1 is 1.18 bits per heavy atom. The number of guanidine groups is 1. The molecule has 0 saturated carbocycles. The van der Waals surface area contributed by atoms with Gasteiger partial charge in [0.15, 0.2) is 5.96 Å². The summed E-state index contributed by atoms with van der Waals surface area (Å²) in [5.74, 6) is 2.64. The monoisotopic (exact) mass is 377 g/mol. The van der Waals surface area contributed by atoms with Gasteiger partial charge in [-0.15, -0.1) is 0 Å². The Morgan fingerprint density at radius 3 is 2.82 bits per heavy atom. The first-order chi connectivity index (χ1) is 13.8. The number of aromatic amines is 1. The summed E-state index contributed by atoms with van der Waals surface area (Å²) in [5.41, 5.74) is 3.18. The van der Waals surface area contributed by atoms with Gasteiger partial charge in [-0.2, -0.15) is 0 Å². The predicted molar refractivity (Wildman–Crippen MR) is 115 cm³/mol. The minimum absolute atomic E-state index is 0.492. The van der Waals surface area contributed by atoms with E-state index in [2.05, 4.69) is 32.2 Å². The van der Waals surface area contributed by atoms with Crippen molar-refractivity contribution < 1.29 is 4.74 Å². The minimum Gasteiger partial charge on any atom is -0.489 e. The van der Waals surface area contributed by atoms with Crippen molar-refractivity contribution in [3.63, 3.8) is 0 Å². The van der Waals surface area contributed by atoms with E-state index in [1.807, 2.05) is 48.5 Å². The van der Waals surface area contributed by atoms with Gasteiger partial charge < -0.3 is 20.4 Å². The Kier molecular flexibility index (Phi) is 7.07. The van der Waals surface area contributed by atoms with E-state index in [0.29, 0.717) is 13.2 Å². The third-order valence-corrected chi connectivity index (χ3v) is 4.32. The largest absolute Gasteiger partial charge is 0.489 e. The van der Waals surface area contributed by atoms with Crippen LogP contribution in [-0.2, 0) is 13.0 Å². The second-order valence-electron chi connectivity index (χ2n) is 6.36. The molecular weight excluding hydrogens is 350 g/mol. The highest BCUT2D eigenvalue weighted by atomic mass is 16.5. The molecule has 3 rings (SSSR count). The lowest BCUT2D eigenvalue weighted by molar-refractivity contribution is 0.358. The average Bonchev–Trinajstić information content (AvgIpc) is 3.15. The molecule has 0 fully saturated rings. The number of aryl methyl sites for hydroxylation is 1. The molecule has 1 heterocycles. The van der Waals surface area contributed by atoms with Gasteiger partial charge in [0.1, 0.15) is 18.2 Å². The highest BCUT2D eigenvalue weighted by Crippen LogP contribution is 2.17. The van der Waals surface area contributed by atoms with E-state index in [4.69, 9.17) is 4.74 Å². The number of hydrogen-bond donors (Lipinski definition) is 3. The number of benzene rings is 2. The SMILES string of the molecule is C=CCOc1ccccc1CNC(=NC)NCCCc1nc2ccccc2[nH]1. The summed E-state index contributed by atoms with van der Waals surface area (Å²) in [6.45, 7) is 5.63. The van der Waals surface area contributed by atoms with Gasteiger partial charge in [-0.1, -0.05) is 43.0 Å². The smallest absolute Gasteiger partial charge is 0.191 e. The van der Waals surface area contributed by atoms with Crippen LogP contribution in [0, 0.1) is 0 Å². The van der Waals surface area contributed by atoms with Crippen LogP contribution in [0.5, 0.6) is 5.75 Å². The standard InChI is InChI=1S/C22H27N5O/c1-3-15-28-20-12-7-4-9-17(20)16-25-22(23-2)24-14-8-13-21-26-18-10-5-6-11-19(18)27-21/h3-7,9-12H,1,8,13-16H2,2H3,(H,26,27)(H2,23,24,25). The molecule has 0 atom stereocenters. The number of hydrogen-bond acceptors (Lipinski definition) is 3. The minimum atomic E-state index is 0.492. The van der Waals surface area contributed by atoms with Crippen molar-refractivity contribution in [1.82, 2.24) is 20.6 Å². The molecule has 0 spiro atoms. The van der Waals surface area contributed by atoms with Crippen LogP contribution in [-0.4, -0.2) is 36.1 Å². The Labute approximate surface area is 165 Å². The predicted octanol–water partition coefficient (Wildman–Crippen LogP) is 3.43. The lowest BCUT2D eigenvalue weighted by Crippen LogP contribution is -2.37. The number of aromatic nitrogens is 2. The van der Waals surface area contributed by atoms with E-state index in [-0.39, 0.29) is 0 Å². The zero-order valence-corrected chi connectivity index (χ0v) is 16.2. The van der Waals surface area contributed by atoms with Crippen LogP contribution in [0.4, 0.5) is 0 Å². The molecule has 6 nitrogen and oxygen atoms in total. The average molecular weight is 377 g/mol. The maximum absolute atomic E-state index is 5.70. The van der Waals surface area contributed by atoms with Gasteiger partial charge in [0.2, 0.25) is 0 Å². The lowest BCUT2D eigenvalue weighted by atomic mass is 10.2. The van der Waals surface area contributed by atoms with Crippen LogP contribution in [0.25, 0.3) is 11.0 Å². The number of nitrogens with one attached hydrogen (secondary N) is 3. The normalized spacial score (nSPS) is 11.4. The maximum Gasteiger partial charge on any atom is 0.191 e. The van der Waals surface area contributed by atoms with Gasteiger partial charge in [0.25, 0.3) is 0 Å². The quantitative estimate of drug-likeness (QED) is 0.231. The maximum atomic E-state index is 5.70. The van der Waals surface area contributed by atoms with Crippen molar-refractivity contribution in [3.05, 3.63) is 72.6 Å². The summed E-state index contributed by atoms with van der Waals surface area (Å²) in [7, 11) is 1.77. The van der Waals surface area contributed by atoms with Crippen molar-refractivity contribution in [2.45, 2.75) is 19.4 Å². The zero-order chi connectivity index (χ0) is 19.6. The van der Waals surface area contributed by atoms with Crippen molar-refractivity contribution in [2.24, 2.45) is 4.99 Å². The number of ether oxygens (including phenoxy) is 1. The number of aliphatic imine (C=N–C) groups is 1. The first-order valence-electron chi connectivity index (χ1n) is 9.50. The third kappa shape index (κ3) is 5.36. The fourth-order valence-electron chi connectivity index (χ4n) is 2.93. The molecule has 146 valence electrons. The number of fused-ring (bicyclic) bond motifs is 1. The molecule has 3 N–H and O–H groups in total. The second-order valence-corrected chi connectivity index (χ2v) is 6.36. The third-order valence-electron chi connectivity index (χ3n) is 4.32. The molecule has 0 aliphatic rings. The molecule has 0 aliphatic carbocycles. The fourth-order valence-corrected chi connectivity index (χ4v) is 2.93. The summed E-state index contributed by atoms with van der Waals surface area (Å²) in [6, 6.07) is 16.1. The summed E-state index contributed by atoms with van der Waals surface area (Å²) < 4.78 is 5.70. The molecule has 0 radical (unpaired) electrons. The topological polar surface area (TPSA) is 74.3 Å². The van der Waals surface area contributed by atoms with E-state index < -0.39 is 0 Å². The van der Waals surface area contributed by atoms with Crippen LogP contribution >= 0.6 is 0 Å². The van der Waals surface area contributed by atoms with Gasteiger partial charge in [0.05, 0.1) is 11.0 Å². The van der Waals surface area contributed by atoms with E-state index in [0.717, 1.165) is 53.5 Å². The van der Waals surface area contributed by atoms with Crippen molar-refractivity contribution in [2.75, 3.05) is 20.2 Å². The number of H-pyrrole nitrogens is 1. The molecular formula is C22H27N5O. The molecule has 2 aromatic carbocycles. The van der Waals surface area contributed by atoms with Gasteiger partial charge in [0, 0.05) is 32.1 Å². The number of rotatable bonds is 9. The van der Waals surface area contributed by atoms with Crippen molar-refractivity contribution >= 4 is 17.0 Å². The van der Waals surface area contributed by atoms with Gasteiger partial charge in [-0.05, 0) is 24.6 Å². The summed E-state index contributed by atoms with van der Waals surface area (Å²) in [4.78, 5) is 12.3. The molecule has 0 saturated heterocycles. The lowest BCUT2D eigenvalue weighted by Gasteiger charge is -2.14. The van der Waals surface area contributed by atoms with Gasteiger partial charge in [-0.3, -0.25) is 4.99 Å². The Hall–Kier alpha value is -3.28. The highest BCUT2D eigenvalue weighted by molar-refractivity contribution is 5.79. The first kappa shape index (κ1) is 19.5. The Bertz CT molecular complexity index is 898. The molecule has 1 aromatic heterocycles. The summed E-state index contributed by atoms with van der Waals surface area (Å²) in [6.07, 6.45) is 3.59. The molecule has 6 heteroatoms. The second kappa shape index (κ2) is 10.2. The number of imidazole rings is 1. The molecule has 28 heavy (non-hydrogen) atoms. The molecule has 0 bridgehead atoms. The van der Waals surface area contributed by atoms with Crippen LogP contribution in [0.3, 0.4) is 0 Å². The van der Waals surface area contributed by atoms with Crippen LogP contribution in [0.1, 0.15) is 17.8 Å². The Balaban J connectivity index is 1.44. The van der Waals surface area contributed by atoms with Gasteiger partial charge in [-0.25, -0.2) is 4.98 Å². The van der Waals surface area contributed by atoms with Gasteiger partial charge >= 0.3 is 0 Å². The van der Waals surface area contributed by atoms with E-state index in [1.54, 1.807) is 13.1 Å². The van der Waals surface area contributed by atoms with Crippen molar-refractivity contribution in [3.8, 4) is 5.75 Å². The van der Waals surface area contributed by atoms with E-state index in [1.165, 1.54) is 0 Å². The molecule has 3 aromatic rings. The molecule has 0 amide bonds. The van der Waals surface area contributed by atoms with Crippen molar-refractivity contribution in [1.29, 1.82) is 0 Å². The summed E-state index contributed by atoms with van der Waals surface area (Å²) >= 11 is 0. The fraction of sp³-hybridized carbons (Fsp3) is 0.273. The zero-order valence-electron chi connectivity index (χ0n) is 16.2. The molecule has 0 aliphatic heterocycles. The number of nitrogens with zero attached hydrogens (tertiary/aromatic N) is 2. The van der Waals surface area contributed by atoms with Crippen LogP contribution in [0.2, 0.25) is 0 Å².